The Morgan fingerprint density at radius 3 is 2.60 bits per heavy atom. The lowest BCUT2D eigenvalue weighted by Crippen LogP contribution is -2.36. The van der Waals surface area contributed by atoms with Crippen molar-refractivity contribution in [3.05, 3.63) is 51.9 Å². The van der Waals surface area contributed by atoms with E-state index in [0.29, 0.717) is 17.1 Å². The number of hydrogen-bond acceptors (Lipinski definition) is 6. The molecule has 0 unspecified atom stereocenters. The second-order valence-corrected chi connectivity index (χ2v) is 8.50. The minimum absolute atomic E-state index is 0.0808. The molecule has 3 aromatic rings. The fourth-order valence-electron chi connectivity index (χ4n) is 4.00. The first-order chi connectivity index (χ1) is 16.5. The van der Waals surface area contributed by atoms with Gasteiger partial charge < -0.3 is 20.1 Å². The van der Waals surface area contributed by atoms with Gasteiger partial charge in [-0.25, -0.2) is 4.68 Å². The first-order valence-electron chi connectivity index (χ1n) is 10.6. The molecule has 2 N–H and O–H groups in total. The molecule has 3 heterocycles. The molecule has 4 rings (SSSR count). The van der Waals surface area contributed by atoms with E-state index in [4.69, 9.17) is 21.1 Å². The minimum Gasteiger partial charge on any atom is -0.493 e. The lowest BCUT2D eigenvalue weighted by molar-refractivity contribution is -0.173. The SMILES string of the molecule is COc1ccc([C@H]2C[C@@H](C(F)(F)F)n3nc(C(=O)NCc4cnn(C)c4C)c(Cl)c3N2)cc1OC. The van der Waals surface area contributed by atoms with E-state index in [1.807, 2.05) is 6.92 Å². The van der Waals surface area contributed by atoms with Gasteiger partial charge in [0, 0.05) is 31.3 Å². The Balaban J connectivity index is 1.65. The van der Waals surface area contributed by atoms with Crippen LogP contribution in [0.2, 0.25) is 5.02 Å². The Morgan fingerprint density at radius 2 is 2.00 bits per heavy atom. The summed E-state index contributed by atoms with van der Waals surface area (Å²) in [5.74, 6) is 0.0601. The van der Waals surface area contributed by atoms with Crippen LogP contribution in [-0.2, 0) is 13.6 Å². The third kappa shape index (κ3) is 4.62. The number of fused-ring (bicyclic) bond motifs is 1. The number of methoxy groups -OCH3 is 2. The number of anilines is 1. The number of alkyl halides is 3. The number of amides is 1. The molecule has 0 aliphatic carbocycles. The highest BCUT2D eigenvalue weighted by Gasteiger charge is 2.48. The third-order valence-electron chi connectivity index (χ3n) is 6.10. The highest BCUT2D eigenvalue weighted by Crippen LogP contribution is 2.47. The van der Waals surface area contributed by atoms with E-state index in [-0.39, 0.29) is 29.5 Å². The predicted molar refractivity (Wildman–Crippen MR) is 122 cm³/mol. The van der Waals surface area contributed by atoms with Crippen molar-refractivity contribution in [1.82, 2.24) is 24.9 Å². The molecule has 0 spiro atoms. The van der Waals surface area contributed by atoms with E-state index >= 15 is 0 Å². The van der Waals surface area contributed by atoms with Gasteiger partial charge in [-0.05, 0) is 24.6 Å². The third-order valence-corrected chi connectivity index (χ3v) is 6.45. The summed E-state index contributed by atoms with van der Waals surface area (Å²) in [5.41, 5.74) is 1.86. The Bertz CT molecular complexity index is 1260. The summed E-state index contributed by atoms with van der Waals surface area (Å²) in [7, 11) is 4.67. The molecule has 188 valence electrons. The maximum atomic E-state index is 14.0. The number of nitrogens with one attached hydrogen (secondary N) is 2. The number of ether oxygens (including phenoxy) is 2. The molecular weight excluding hydrogens is 489 g/mol. The molecule has 9 nitrogen and oxygen atoms in total. The summed E-state index contributed by atoms with van der Waals surface area (Å²) in [6.45, 7) is 1.96. The molecule has 0 radical (unpaired) electrons. The molecule has 1 aliphatic heterocycles. The molecule has 0 bridgehead atoms. The maximum Gasteiger partial charge on any atom is 0.410 e. The molecule has 2 atom stereocenters. The van der Waals surface area contributed by atoms with Crippen LogP contribution in [0.15, 0.2) is 24.4 Å². The van der Waals surface area contributed by atoms with Gasteiger partial charge in [0.1, 0.15) is 10.8 Å². The molecule has 0 fully saturated rings. The Morgan fingerprint density at radius 1 is 1.29 bits per heavy atom. The van der Waals surface area contributed by atoms with Crippen LogP contribution in [0, 0.1) is 6.92 Å². The van der Waals surface area contributed by atoms with Gasteiger partial charge in [0.25, 0.3) is 5.91 Å². The zero-order valence-electron chi connectivity index (χ0n) is 19.4. The van der Waals surface area contributed by atoms with E-state index in [2.05, 4.69) is 20.8 Å². The summed E-state index contributed by atoms with van der Waals surface area (Å²) in [6, 6.07) is 2.11. The van der Waals surface area contributed by atoms with Crippen molar-refractivity contribution in [3.8, 4) is 11.5 Å². The summed E-state index contributed by atoms with van der Waals surface area (Å²) < 4.78 is 55.0. The van der Waals surface area contributed by atoms with Crippen molar-refractivity contribution in [2.75, 3.05) is 19.5 Å². The molecule has 35 heavy (non-hydrogen) atoms. The zero-order valence-corrected chi connectivity index (χ0v) is 20.2. The van der Waals surface area contributed by atoms with Gasteiger partial charge >= 0.3 is 6.18 Å². The van der Waals surface area contributed by atoms with Crippen LogP contribution in [0.1, 0.15) is 45.8 Å². The molecule has 13 heteroatoms. The van der Waals surface area contributed by atoms with Gasteiger partial charge in [0.05, 0.1) is 26.5 Å². The van der Waals surface area contributed by atoms with Gasteiger partial charge in [0.15, 0.2) is 23.2 Å². The van der Waals surface area contributed by atoms with Crippen molar-refractivity contribution in [2.24, 2.45) is 7.05 Å². The van der Waals surface area contributed by atoms with Crippen LogP contribution in [0.25, 0.3) is 0 Å². The van der Waals surface area contributed by atoms with Crippen molar-refractivity contribution in [1.29, 1.82) is 0 Å². The second kappa shape index (κ2) is 9.33. The van der Waals surface area contributed by atoms with Crippen molar-refractivity contribution < 1.29 is 27.4 Å². The largest absolute Gasteiger partial charge is 0.493 e. The number of rotatable bonds is 6. The lowest BCUT2D eigenvalue weighted by Gasteiger charge is -2.33. The van der Waals surface area contributed by atoms with E-state index in [1.54, 1.807) is 36.1 Å². The van der Waals surface area contributed by atoms with Gasteiger partial charge in [-0.1, -0.05) is 17.7 Å². The standard InChI is InChI=1S/C22H24ClF3N6O3/c1-11-13(10-28-31(11)2)9-27-21(33)19-18(23)20-29-14(8-17(22(24,25)26)32(20)30-19)12-5-6-15(34-3)16(7-12)35-4/h5-7,10,14,17,29H,8-9H2,1-4H3,(H,27,33)/t14-,17+/m1/s1. The number of aryl methyl sites for hydroxylation is 1. The number of carbonyl (C=O) groups excluding carboxylic acids is 1. The quantitative estimate of drug-likeness (QED) is 0.514. The first kappa shape index (κ1) is 24.7. The zero-order chi connectivity index (χ0) is 25.5. The maximum absolute atomic E-state index is 14.0. The van der Waals surface area contributed by atoms with Crippen LogP contribution < -0.4 is 20.1 Å². The van der Waals surface area contributed by atoms with Crippen LogP contribution >= 0.6 is 11.6 Å². The topological polar surface area (TPSA) is 95.2 Å². The van der Waals surface area contributed by atoms with Crippen LogP contribution in [0.3, 0.4) is 0 Å². The van der Waals surface area contributed by atoms with Crippen LogP contribution in [-0.4, -0.2) is 45.9 Å². The van der Waals surface area contributed by atoms with Crippen LogP contribution in [0.4, 0.5) is 19.0 Å². The van der Waals surface area contributed by atoms with Gasteiger partial charge in [-0.3, -0.25) is 9.48 Å². The number of hydrogen-bond donors (Lipinski definition) is 2. The van der Waals surface area contributed by atoms with Crippen molar-refractivity contribution in [3.63, 3.8) is 0 Å². The van der Waals surface area contributed by atoms with E-state index in [9.17, 15) is 18.0 Å². The minimum atomic E-state index is -4.62. The summed E-state index contributed by atoms with van der Waals surface area (Å²) >= 11 is 6.39. The number of carbonyl (C=O) groups is 1. The Kier molecular flexibility index (Phi) is 6.58. The average Bonchev–Trinajstić information content (AvgIpc) is 3.34. The number of aromatic nitrogens is 4. The number of nitrogens with zero attached hydrogens (tertiary/aromatic N) is 4. The monoisotopic (exact) mass is 512 g/mol. The van der Waals surface area contributed by atoms with E-state index in [0.717, 1.165) is 15.9 Å². The summed E-state index contributed by atoms with van der Waals surface area (Å²) in [4.78, 5) is 12.8. The molecule has 1 aliphatic rings. The van der Waals surface area contributed by atoms with Gasteiger partial charge in [0.2, 0.25) is 0 Å². The Hall–Kier alpha value is -3.41. The molecule has 0 saturated heterocycles. The highest BCUT2D eigenvalue weighted by molar-refractivity contribution is 6.36. The Labute approximate surface area is 204 Å². The summed E-state index contributed by atoms with van der Waals surface area (Å²) in [5, 5.41) is 13.5. The van der Waals surface area contributed by atoms with E-state index in [1.165, 1.54) is 14.2 Å². The molecule has 0 saturated carbocycles. The van der Waals surface area contributed by atoms with Crippen LogP contribution in [0.5, 0.6) is 11.5 Å². The number of benzene rings is 1. The number of halogens is 4. The van der Waals surface area contributed by atoms with E-state index < -0.39 is 24.2 Å². The van der Waals surface area contributed by atoms with Crippen molar-refractivity contribution >= 4 is 23.3 Å². The molecule has 1 aromatic carbocycles. The average molecular weight is 513 g/mol. The lowest BCUT2D eigenvalue weighted by atomic mass is 9.96. The summed E-state index contributed by atoms with van der Waals surface area (Å²) in [6.07, 6.45) is -3.38. The molecule has 2 aromatic heterocycles. The first-order valence-corrected chi connectivity index (χ1v) is 11.0. The normalized spacial score (nSPS) is 17.5. The van der Waals surface area contributed by atoms with Gasteiger partial charge in [-0.2, -0.15) is 23.4 Å². The predicted octanol–water partition coefficient (Wildman–Crippen LogP) is 4.19. The van der Waals surface area contributed by atoms with Gasteiger partial charge in [-0.15, -0.1) is 0 Å². The second-order valence-electron chi connectivity index (χ2n) is 8.12. The smallest absolute Gasteiger partial charge is 0.410 e. The molecule has 1 amide bonds. The fraction of sp³-hybridized carbons (Fsp3) is 0.409. The fourth-order valence-corrected chi connectivity index (χ4v) is 4.26. The molecular formula is C22H24ClF3N6O3. The highest BCUT2D eigenvalue weighted by atomic mass is 35.5. The van der Waals surface area contributed by atoms with Crippen molar-refractivity contribution in [2.45, 2.75) is 38.1 Å².